The minimum absolute atomic E-state index is 0.129. The molecule has 0 saturated carbocycles. The van der Waals surface area contributed by atoms with Gasteiger partial charge in [-0.2, -0.15) is 0 Å². The maximum atomic E-state index is 12.9. The Bertz CT molecular complexity index is 1870. The maximum absolute atomic E-state index is 12.9. The Kier molecular flexibility index (Phi) is 60.5. The van der Waals surface area contributed by atoms with Gasteiger partial charge in [0.25, 0.3) is 0 Å². The molecule has 0 amide bonds. The number of hydrogen-bond donors (Lipinski definition) is 0. The van der Waals surface area contributed by atoms with E-state index >= 15 is 0 Å². The van der Waals surface area contributed by atoms with Crippen molar-refractivity contribution in [3.8, 4) is 0 Å². The number of hydrogen-bond acceptors (Lipinski definition) is 6. The summed E-state index contributed by atoms with van der Waals surface area (Å²) in [5, 5.41) is 0. The van der Waals surface area contributed by atoms with Crippen LogP contribution in [0, 0.1) is 0 Å². The van der Waals surface area contributed by atoms with Gasteiger partial charge in [-0.25, -0.2) is 0 Å². The zero-order chi connectivity index (χ0) is 57.1. The molecule has 0 bridgehead atoms. The molecule has 0 radical (unpaired) electrons. The second-order valence-corrected chi connectivity index (χ2v) is 19.8. The monoisotopic (exact) mass is 1080 g/mol. The highest BCUT2D eigenvalue weighted by Gasteiger charge is 2.19. The lowest BCUT2D eigenvalue weighted by molar-refractivity contribution is -0.166. The van der Waals surface area contributed by atoms with Gasteiger partial charge in [0, 0.05) is 19.3 Å². The first-order valence-electron chi connectivity index (χ1n) is 31.3. The van der Waals surface area contributed by atoms with Crippen LogP contribution in [0.4, 0.5) is 0 Å². The number of allylic oxidation sites excluding steroid dienone is 30. The summed E-state index contributed by atoms with van der Waals surface area (Å²) in [7, 11) is 0. The lowest BCUT2D eigenvalue weighted by Crippen LogP contribution is -2.30. The first-order valence-corrected chi connectivity index (χ1v) is 31.3. The van der Waals surface area contributed by atoms with Gasteiger partial charge in [0.1, 0.15) is 13.2 Å². The van der Waals surface area contributed by atoms with Crippen molar-refractivity contribution in [3.05, 3.63) is 182 Å². The predicted molar refractivity (Wildman–Crippen MR) is 343 cm³/mol. The van der Waals surface area contributed by atoms with Crippen LogP contribution in [0.15, 0.2) is 182 Å². The van der Waals surface area contributed by atoms with Crippen molar-refractivity contribution in [3.63, 3.8) is 0 Å². The molecule has 0 N–H and O–H groups in total. The molecule has 79 heavy (non-hydrogen) atoms. The normalized spacial score (nSPS) is 13.4. The number of rotatable bonds is 54. The first kappa shape index (κ1) is 73.5. The average Bonchev–Trinajstić information content (AvgIpc) is 3.45. The molecule has 0 aromatic heterocycles. The summed E-state index contributed by atoms with van der Waals surface area (Å²) in [5.41, 5.74) is 0. The average molecular weight is 1090 g/mol. The van der Waals surface area contributed by atoms with Crippen molar-refractivity contribution in [2.75, 3.05) is 13.2 Å². The van der Waals surface area contributed by atoms with Crippen molar-refractivity contribution >= 4 is 17.9 Å². The van der Waals surface area contributed by atoms with E-state index in [9.17, 15) is 14.4 Å². The summed E-state index contributed by atoms with van der Waals surface area (Å²) in [6.45, 7) is 6.20. The van der Waals surface area contributed by atoms with Crippen LogP contribution in [-0.2, 0) is 28.6 Å². The third-order valence-corrected chi connectivity index (χ3v) is 12.4. The Morgan fingerprint density at radius 2 is 0.481 bits per heavy atom. The van der Waals surface area contributed by atoms with Crippen molar-refractivity contribution in [1.82, 2.24) is 0 Å². The summed E-state index contributed by atoms with van der Waals surface area (Å²) < 4.78 is 16.8. The summed E-state index contributed by atoms with van der Waals surface area (Å²) >= 11 is 0. The molecule has 0 spiro atoms. The zero-order valence-corrected chi connectivity index (χ0v) is 50.3. The van der Waals surface area contributed by atoms with E-state index in [4.69, 9.17) is 14.2 Å². The van der Waals surface area contributed by atoms with Crippen LogP contribution < -0.4 is 0 Å². The fraction of sp³-hybridized carbons (Fsp3) is 0.548. The minimum atomic E-state index is -0.844. The Labute approximate surface area is 484 Å². The number of carbonyl (C=O) groups excluding carboxylic acids is 3. The lowest BCUT2D eigenvalue weighted by atomic mass is 10.1. The van der Waals surface area contributed by atoms with Gasteiger partial charge < -0.3 is 14.2 Å². The second-order valence-electron chi connectivity index (χ2n) is 19.8. The Morgan fingerprint density at radius 3 is 0.759 bits per heavy atom. The molecule has 6 nitrogen and oxygen atoms in total. The van der Waals surface area contributed by atoms with E-state index < -0.39 is 12.1 Å². The van der Waals surface area contributed by atoms with Crippen molar-refractivity contribution in [1.29, 1.82) is 0 Å². The number of unbranched alkanes of at least 4 members (excludes halogenated alkanes) is 13. The van der Waals surface area contributed by atoms with Crippen LogP contribution in [0.25, 0.3) is 0 Å². The van der Waals surface area contributed by atoms with E-state index in [-0.39, 0.29) is 31.6 Å². The van der Waals surface area contributed by atoms with Gasteiger partial charge in [-0.3, -0.25) is 14.4 Å². The highest BCUT2D eigenvalue weighted by atomic mass is 16.6. The molecule has 0 fully saturated rings. The van der Waals surface area contributed by atoms with Crippen LogP contribution in [0.5, 0.6) is 0 Å². The van der Waals surface area contributed by atoms with Gasteiger partial charge in [-0.1, -0.05) is 261 Å². The molecule has 1 unspecified atom stereocenters. The van der Waals surface area contributed by atoms with Crippen LogP contribution in [0.2, 0.25) is 0 Å². The number of esters is 3. The van der Waals surface area contributed by atoms with Gasteiger partial charge in [0.2, 0.25) is 0 Å². The number of ether oxygens (including phenoxy) is 3. The highest BCUT2D eigenvalue weighted by Crippen LogP contribution is 2.14. The molecule has 0 saturated heterocycles. The van der Waals surface area contributed by atoms with Gasteiger partial charge in [-0.05, 0) is 141 Å². The van der Waals surface area contributed by atoms with Crippen molar-refractivity contribution < 1.29 is 28.6 Å². The molecule has 1 atom stereocenters. The summed E-state index contributed by atoms with van der Waals surface area (Å²) in [6.07, 6.45) is 97.6. The molecule has 0 aromatic rings. The summed E-state index contributed by atoms with van der Waals surface area (Å²) in [5.74, 6) is -1.05. The molecule has 6 heteroatoms. The van der Waals surface area contributed by atoms with Crippen LogP contribution in [0.1, 0.15) is 239 Å². The van der Waals surface area contributed by atoms with Crippen molar-refractivity contribution in [2.45, 2.75) is 245 Å². The van der Waals surface area contributed by atoms with Crippen molar-refractivity contribution in [2.24, 2.45) is 0 Å². The molecular weight excluding hydrogens is 973 g/mol. The van der Waals surface area contributed by atoms with Crippen LogP contribution in [-0.4, -0.2) is 37.2 Å². The topological polar surface area (TPSA) is 78.9 Å². The minimum Gasteiger partial charge on any atom is -0.462 e. The third kappa shape index (κ3) is 63.2. The molecule has 0 aliphatic carbocycles. The fourth-order valence-corrected chi connectivity index (χ4v) is 7.84. The Balaban J connectivity index is 4.54. The molecule has 0 heterocycles. The summed E-state index contributed by atoms with van der Waals surface area (Å²) in [4.78, 5) is 38.3. The molecule has 0 aliphatic heterocycles. The highest BCUT2D eigenvalue weighted by molar-refractivity contribution is 5.71. The Morgan fingerprint density at radius 1 is 0.253 bits per heavy atom. The fourth-order valence-electron chi connectivity index (χ4n) is 7.84. The second kappa shape index (κ2) is 65.0. The number of carbonyl (C=O) groups is 3. The Hall–Kier alpha value is -5.49. The van der Waals surface area contributed by atoms with Gasteiger partial charge in [0.05, 0.1) is 0 Å². The third-order valence-electron chi connectivity index (χ3n) is 12.4. The van der Waals surface area contributed by atoms with E-state index in [2.05, 4.69) is 191 Å². The molecular formula is C73H112O6. The van der Waals surface area contributed by atoms with E-state index in [1.54, 1.807) is 0 Å². The summed E-state index contributed by atoms with van der Waals surface area (Å²) in [6, 6.07) is 0. The van der Waals surface area contributed by atoms with Gasteiger partial charge in [0.15, 0.2) is 6.10 Å². The van der Waals surface area contributed by atoms with E-state index in [0.29, 0.717) is 19.3 Å². The first-order chi connectivity index (χ1) is 39.0. The molecule has 440 valence electrons. The zero-order valence-electron chi connectivity index (χ0n) is 50.3. The lowest BCUT2D eigenvalue weighted by Gasteiger charge is -2.18. The van der Waals surface area contributed by atoms with E-state index in [0.717, 1.165) is 154 Å². The van der Waals surface area contributed by atoms with E-state index in [1.807, 2.05) is 12.2 Å². The maximum Gasteiger partial charge on any atom is 0.306 e. The standard InChI is InChI=1S/C73H112O6/c1-4-7-10-13-16-19-22-25-28-31-33-34-35-36-37-38-40-42-45-48-51-54-57-60-63-66-72(75)78-69-70(68-77-71(74)65-62-59-56-53-50-47-44-41-30-27-24-21-18-15-12-9-6-3)79-73(76)67-64-61-58-55-52-49-46-43-39-32-29-26-23-20-17-14-11-8-5-2/h7-12,16-21,25-30,33-34,36-37,39,43-44,47,49,52,58,61,70H,4-6,13-15,22-24,31-32,35,38,40-42,45-46,48,50-51,53-57,59-60,62-69H2,1-3H3/b10-7-,11-8-,12-9-,19-16-,20-17-,21-18-,28-25-,29-26-,30-27-,34-33-,37-36-,43-39-,47-44-,52-49-,61-58-. The molecule has 0 aromatic carbocycles. The largest absolute Gasteiger partial charge is 0.462 e. The van der Waals surface area contributed by atoms with E-state index in [1.165, 1.54) is 38.5 Å². The quantitative estimate of drug-likeness (QED) is 0.0261. The van der Waals surface area contributed by atoms with Gasteiger partial charge >= 0.3 is 17.9 Å². The van der Waals surface area contributed by atoms with Crippen LogP contribution in [0.3, 0.4) is 0 Å². The smallest absolute Gasteiger partial charge is 0.306 e. The molecule has 0 rings (SSSR count). The predicted octanol–water partition coefficient (Wildman–Crippen LogP) is 21.7. The van der Waals surface area contributed by atoms with Crippen LogP contribution >= 0.6 is 0 Å². The SMILES string of the molecule is CC/C=C\C/C=C\C/C=C\C/C=C\C/C=C\C/C=C\CCC(=O)OC(COC(=O)CCCCCC/C=C\C/C=C\C/C=C\C/C=C\CC)COC(=O)CCCCCCCCCCC/C=C\C/C=C\C/C=C\C/C=C\C/C=C\CC. The molecule has 0 aliphatic rings. The van der Waals surface area contributed by atoms with Gasteiger partial charge in [-0.15, -0.1) is 0 Å².